The second-order valence-electron chi connectivity index (χ2n) is 3.83. The van der Waals surface area contributed by atoms with Gasteiger partial charge in [-0.2, -0.15) is 0 Å². The number of nitrogens with two attached hydrogens (primary N) is 1. The minimum atomic E-state index is -0.641. The predicted octanol–water partition coefficient (Wildman–Crippen LogP) is 1.14. The van der Waals surface area contributed by atoms with Crippen molar-refractivity contribution in [1.82, 2.24) is 10.2 Å². The molecule has 1 atom stereocenters. The van der Waals surface area contributed by atoms with E-state index < -0.39 is 6.04 Å². The van der Waals surface area contributed by atoms with Gasteiger partial charge in [-0.15, -0.1) is 0 Å². The molecule has 0 aromatic heterocycles. The van der Waals surface area contributed by atoms with Crippen LogP contribution in [0.5, 0.6) is 0 Å². The first-order valence-electron chi connectivity index (χ1n) is 5.64. The van der Waals surface area contributed by atoms with Crippen LogP contribution in [0.3, 0.4) is 0 Å². The molecule has 6 heteroatoms. The third-order valence-electron chi connectivity index (χ3n) is 2.63. The summed E-state index contributed by atoms with van der Waals surface area (Å²) in [6.07, 6.45) is 0. The van der Waals surface area contributed by atoms with Crippen LogP contribution < -0.4 is 11.1 Å². The smallest absolute Gasteiger partial charge is 0.317 e. The van der Waals surface area contributed by atoms with Crippen molar-refractivity contribution in [3.05, 3.63) is 35.9 Å². The lowest BCUT2D eigenvalue weighted by Crippen LogP contribution is -2.43. The van der Waals surface area contributed by atoms with E-state index in [1.165, 1.54) is 4.90 Å². The van der Waals surface area contributed by atoms with E-state index in [2.05, 4.69) is 10.5 Å². The molecule has 1 aromatic rings. The van der Waals surface area contributed by atoms with Crippen LogP contribution in [-0.4, -0.2) is 35.6 Å². The zero-order valence-electron chi connectivity index (χ0n) is 10.5. The molecule has 18 heavy (non-hydrogen) atoms. The van der Waals surface area contributed by atoms with Crippen LogP contribution in [0.15, 0.2) is 35.5 Å². The Morgan fingerprint density at radius 3 is 2.61 bits per heavy atom. The van der Waals surface area contributed by atoms with Crippen LogP contribution >= 0.6 is 0 Å². The van der Waals surface area contributed by atoms with Gasteiger partial charge in [-0.3, -0.25) is 0 Å². The average molecular weight is 250 g/mol. The highest BCUT2D eigenvalue weighted by Crippen LogP contribution is 2.12. The maximum absolute atomic E-state index is 11.8. The molecule has 0 aliphatic heterocycles. The van der Waals surface area contributed by atoms with Crippen molar-refractivity contribution in [2.75, 3.05) is 13.6 Å². The summed E-state index contributed by atoms with van der Waals surface area (Å²) < 4.78 is 0. The Hall–Kier alpha value is -2.24. The number of benzene rings is 1. The highest BCUT2D eigenvalue weighted by molar-refractivity contribution is 5.90. The van der Waals surface area contributed by atoms with Gasteiger partial charge in [0.1, 0.15) is 6.04 Å². The van der Waals surface area contributed by atoms with Gasteiger partial charge in [-0.1, -0.05) is 35.5 Å². The van der Waals surface area contributed by atoms with Gasteiger partial charge >= 0.3 is 6.03 Å². The summed E-state index contributed by atoms with van der Waals surface area (Å²) in [5.74, 6) is -0.0564. The molecule has 98 valence electrons. The van der Waals surface area contributed by atoms with Gasteiger partial charge in [0.25, 0.3) is 0 Å². The lowest BCUT2D eigenvalue weighted by Gasteiger charge is -2.22. The SMILES string of the molecule is CCN(C)C(=O)NC(C(N)=NO)c1ccccc1. The predicted molar refractivity (Wildman–Crippen MR) is 69.4 cm³/mol. The Morgan fingerprint density at radius 1 is 1.50 bits per heavy atom. The Bertz CT molecular complexity index is 419. The van der Waals surface area contributed by atoms with E-state index in [0.717, 1.165) is 5.56 Å². The first-order valence-corrected chi connectivity index (χ1v) is 5.64. The Labute approximate surface area is 106 Å². The fourth-order valence-corrected chi connectivity index (χ4v) is 1.41. The maximum atomic E-state index is 11.8. The lowest BCUT2D eigenvalue weighted by molar-refractivity contribution is 0.209. The van der Waals surface area contributed by atoms with Gasteiger partial charge in [0.2, 0.25) is 0 Å². The molecule has 4 N–H and O–H groups in total. The summed E-state index contributed by atoms with van der Waals surface area (Å²) in [5, 5.41) is 14.4. The Balaban J connectivity index is 2.91. The number of rotatable bonds is 4. The largest absolute Gasteiger partial charge is 0.409 e. The van der Waals surface area contributed by atoms with Gasteiger partial charge in [0.05, 0.1) is 0 Å². The van der Waals surface area contributed by atoms with Crippen molar-refractivity contribution >= 4 is 11.9 Å². The minimum Gasteiger partial charge on any atom is -0.409 e. The third-order valence-corrected chi connectivity index (χ3v) is 2.63. The second kappa shape index (κ2) is 6.48. The van der Waals surface area contributed by atoms with Crippen LogP contribution in [0, 0.1) is 0 Å². The number of urea groups is 1. The van der Waals surface area contributed by atoms with Crippen molar-refractivity contribution in [3.63, 3.8) is 0 Å². The maximum Gasteiger partial charge on any atom is 0.317 e. The quantitative estimate of drug-likeness (QED) is 0.324. The molecule has 0 fully saturated rings. The summed E-state index contributed by atoms with van der Waals surface area (Å²) in [6, 6.07) is 8.18. The fourth-order valence-electron chi connectivity index (χ4n) is 1.41. The van der Waals surface area contributed by atoms with Crippen molar-refractivity contribution in [2.24, 2.45) is 10.9 Å². The third kappa shape index (κ3) is 3.38. The number of carbonyl (C=O) groups is 1. The molecule has 0 radical (unpaired) electrons. The normalized spacial score (nSPS) is 12.9. The van der Waals surface area contributed by atoms with E-state index in [0.29, 0.717) is 6.54 Å². The summed E-state index contributed by atoms with van der Waals surface area (Å²) in [5.41, 5.74) is 6.36. The second-order valence-corrected chi connectivity index (χ2v) is 3.83. The standard InChI is InChI=1S/C12H18N4O2/c1-3-16(2)12(17)14-10(11(13)15-18)9-7-5-4-6-8-9/h4-8,10,18H,3H2,1-2H3,(H2,13,15)(H,14,17). The molecule has 0 heterocycles. The van der Waals surface area contributed by atoms with E-state index in [1.807, 2.05) is 25.1 Å². The number of nitrogens with one attached hydrogen (secondary N) is 1. The number of hydrogen-bond acceptors (Lipinski definition) is 3. The van der Waals surface area contributed by atoms with E-state index in [9.17, 15) is 4.79 Å². The molecule has 0 aliphatic carbocycles. The highest BCUT2D eigenvalue weighted by Gasteiger charge is 2.20. The zero-order chi connectivity index (χ0) is 13.5. The number of carbonyl (C=O) groups excluding carboxylic acids is 1. The fraction of sp³-hybridized carbons (Fsp3) is 0.333. The van der Waals surface area contributed by atoms with E-state index >= 15 is 0 Å². The molecule has 1 aromatic carbocycles. The summed E-state index contributed by atoms with van der Waals surface area (Å²) in [7, 11) is 1.67. The summed E-state index contributed by atoms with van der Waals surface area (Å²) >= 11 is 0. The Morgan fingerprint density at radius 2 is 2.11 bits per heavy atom. The molecule has 0 saturated carbocycles. The van der Waals surface area contributed by atoms with Crippen LogP contribution in [0.2, 0.25) is 0 Å². The van der Waals surface area contributed by atoms with Crippen LogP contribution in [-0.2, 0) is 0 Å². The lowest BCUT2D eigenvalue weighted by atomic mass is 10.1. The number of amides is 2. The van der Waals surface area contributed by atoms with Crippen LogP contribution in [0.1, 0.15) is 18.5 Å². The molecule has 0 saturated heterocycles. The molecule has 1 unspecified atom stereocenters. The molecule has 0 aliphatic rings. The van der Waals surface area contributed by atoms with Crippen molar-refractivity contribution < 1.29 is 10.0 Å². The van der Waals surface area contributed by atoms with E-state index in [-0.39, 0.29) is 11.9 Å². The van der Waals surface area contributed by atoms with Gasteiger partial charge in [-0.05, 0) is 12.5 Å². The molecule has 0 spiro atoms. The molecule has 2 amide bonds. The highest BCUT2D eigenvalue weighted by atomic mass is 16.4. The summed E-state index contributed by atoms with van der Waals surface area (Å²) in [4.78, 5) is 13.3. The van der Waals surface area contributed by atoms with Crippen LogP contribution in [0.25, 0.3) is 0 Å². The van der Waals surface area contributed by atoms with Gasteiger partial charge in [-0.25, -0.2) is 4.79 Å². The molecular formula is C12H18N4O2. The average Bonchev–Trinajstić information content (AvgIpc) is 2.43. The van der Waals surface area contributed by atoms with Crippen molar-refractivity contribution in [1.29, 1.82) is 0 Å². The first-order chi connectivity index (χ1) is 8.60. The van der Waals surface area contributed by atoms with Crippen LogP contribution in [0.4, 0.5) is 4.79 Å². The van der Waals surface area contributed by atoms with E-state index in [1.54, 1.807) is 19.2 Å². The number of hydrogen-bond donors (Lipinski definition) is 3. The Kier molecular flexibility index (Phi) is 4.98. The van der Waals surface area contributed by atoms with Crippen molar-refractivity contribution in [3.8, 4) is 0 Å². The van der Waals surface area contributed by atoms with Gasteiger partial charge < -0.3 is 21.2 Å². The van der Waals surface area contributed by atoms with E-state index in [4.69, 9.17) is 10.9 Å². The first kappa shape index (κ1) is 13.8. The zero-order valence-corrected chi connectivity index (χ0v) is 10.5. The molecular weight excluding hydrogens is 232 g/mol. The molecule has 0 bridgehead atoms. The topological polar surface area (TPSA) is 91.0 Å². The number of nitrogens with zero attached hydrogens (tertiary/aromatic N) is 2. The van der Waals surface area contributed by atoms with Gasteiger partial charge in [0.15, 0.2) is 5.84 Å². The summed E-state index contributed by atoms with van der Waals surface area (Å²) in [6.45, 7) is 2.43. The minimum absolute atomic E-state index is 0.0564. The van der Waals surface area contributed by atoms with Gasteiger partial charge in [0, 0.05) is 13.6 Å². The van der Waals surface area contributed by atoms with Crippen molar-refractivity contribution in [2.45, 2.75) is 13.0 Å². The number of amidine groups is 1. The monoisotopic (exact) mass is 250 g/mol. The molecule has 1 rings (SSSR count). The molecule has 6 nitrogen and oxygen atoms in total. The number of oxime groups is 1.